The van der Waals surface area contributed by atoms with E-state index in [1.807, 2.05) is 0 Å². The molecule has 0 heterocycles. The van der Waals surface area contributed by atoms with Gasteiger partial charge in [0.25, 0.3) is 0 Å². The van der Waals surface area contributed by atoms with E-state index in [0.717, 1.165) is 19.2 Å². The lowest BCUT2D eigenvalue weighted by Gasteiger charge is -2.10. The van der Waals surface area contributed by atoms with Crippen LogP contribution in [0.4, 0.5) is 13.2 Å². The number of nitrogens with zero attached hydrogens (tertiary/aromatic N) is 1. The Hall–Kier alpha value is -1.88. The number of nitriles is 1. The van der Waals surface area contributed by atoms with Crippen molar-refractivity contribution < 1.29 is 27.8 Å². The molecule has 0 aromatic heterocycles. The number of phenolic OH excluding ortho intramolecular Hbond substituents is 1. The summed E-state index contributed by atoms with van der Waals surface area (Å²) in [4.78, 5) is 10.6. The van der Waals surface area contributed by atoms with E-state index in [2.05, 4.69) is 4.74 Å². The predicted molar refractivity (Wildman–Crippen MR) is 56.1 cm³/mol. The summed E-state index contributed by atoms with van der Waals surface area (Å²) in [5, 5.41) is 18.1. The summed E-state index contributed by atoms with van der Waals surface area (Å²) in [7, 11) is 1.05. The van der Waals surface area contributed by atoms with E-state index in [9.17, 15) is 23.1 Å². The van der Waals surface area contributed by atoms with E-state index in [0.29, 0.717) is 0 Å². The van der Waals surface area contributed by atoms with Crippen LogP contribution in [-0.4, -0.2) is 23.7 Å². The van der Waals surface area contributed by atoms with E-state index in [-0.39, 0.29) is 5.56 Å². The van der Waals surface area contributed by atoms with Gasteiger partial charge in [0.1, 0.15) is 11.8 Å². The van der Waals surface area contributed by atoms with Gasteiger partial charge in [-0.05, 0) is 23.9 Å². The molecule has 0 aliphatic carbocycles. The molecule has 1 aromatic carbocycles. The van der Waals surface area contributed by atoms with E-state index in [1.165, 1.54) is 6.07 Å². The highest BCUT2D eigenvalue weighted by Gasteiger charge is 2.32. The summed E-state index contributed by atoms with van der Waals surface area (Å²) >= 11 is -0.610. The molecule has 0 aliphatic rings. The fraction of sp³-hybridized carbons (Fsp3) is 0.200. The summed E-state index contributed by atoms with van der Waals surface area (Å²) in [5.74, 6) is -1.71. The molecule has 96 valence electrons. The number of hydrogen-bond donors (Lipinski definition) is 1. The minimum atomic E-state index is -4.64. The Kier molecular flexibility index (Phi) is 4.08. The van der Waals surface area contributed by atoms with Gasteiger partial charge in [-0.25, -0.2) is 4.79 Å². The molecule has 0 saturated heterocycles. The summed E-state index contributed by atoms with van der Waals surface area (Å²) in [6, 6.07) is 3.28. The van der Waals surface area contributed by atoms with Crippen LogP contribution in [0.2, 0.25) is 0 Å². The zero-order valence-electron chi connectivity index (χ0n) is 8.91. The van der Waals surface area contributed by atoms with Gasteiger partial charge in [-0.2, -0.15) is 18.4 Å². The van der Waals surface area contributed by atoms with Gasteiger partial charge >= 0.3 is 11.5 Å². The molecule has 18 heavy (non-hydrogen) atoms. The number of carbonyl (C=O) groups is 1. The summed E-state index contributed by atoms with van der Waals surface area (Å²) in [6.45, 7) is 0. The quantitative estimate of drug-likeness (QED) is 0.664. The van der Waals surface area contributed by atoms with Gasteiger partial charge in [-0.3, -0.25) is 0 Å². The third-order valence-corrected chi connectivity index (χ3v) is 2.60. The van der Waals surface area contributed by atoms with Crippen molar-refractivity contribution in [1.82, 2.24) is 0 Å². The molecule has 0 unspecified atom stereocenters. The first-order chi connectivity index (χ1) is 8.28. The fourth-order valence-corrected chi connectivity index (χ4v) is 1.77. The largest absolute Gasteiger partial charge is 0.505 e. The van der Waals surface area contributed by atoms with E-state index in [4.69, 9.17) is 5.26 Å². The van der Waals surface area contributed by atoms with Crippen LogP contribution >= 0.6 is 11.8 Å². The molecule has 0 radical (unpaired) electrons. The van der Waals surface area contributed by atoms with Crippen LogP contribution in [0.5, 0.6) is 5.75 Å². The van der Waals surface area contributed by atoms with Crippen LogP contribution < -0.4 is 0 Å². The first kappa shape index (κ1) is 14.2. The minimum Gasteiger partial charge on any atom is -0.505 e. The Morgan fingerprint density at radius 1 is 1.50 bits per heavy atom. The molecule has 8 heteroatoms. The SMILES string of the molecule is COC(=O)c1cc(C#N)c(O)c(SC(F)(F)F)c1. The van der Waals surface area contributed by atoms with Crippen molar-refractivity contribution in [3.63, 3.8) is 0 Å². The second-order valence-corrected chi connectivity index (χ2v) is 4.13. The molecule has 1 N–H and O–H groups in total. The molecular formula is C10H6F3NO3S. The first-order valence-electron chi connectivity index (χ1n) is 4.39. The monoisotopic (exact) mass is 277 g/mol. The molecule has 1 aromatic rings. The number of ether oxygens (including phenoxy) is 1. The summed E-state index contributed by atoms with van der Waals surface area (Å²) in [6.07, 6.45) is 0. The third kappa shape index (κ3) is 3.30. The van der Waals surface area contributed by atoms with Crippen molar-refractivity contribution in [2.45, 2.75) is 10.4 Å². The fourth-order valence-electron chi connectivity index (χ4n) is 1.13. The molecular weight excluding hydrogens is 271 g/mol. The van der Waals surface area contributed by atoms with Gasteiger partial charge in [0, 0.05) is 0 Å². The van der Waals surface area contributed by atoms with Crippen molar-refractivity contribution in [1.29, 1.82) is 5.26 Å². The zero-order valence-corrected chi connectivity index (χ0v) is 9.72. The number of hydrogen-bond acceptors (Lipinski definition) is 5. The van der Waals surface area contributed by atoms with Crippen LogP contribution in [0.1, 0.15) is 15.9 Å². The molecule has 0 amide bonds. The van der Waals surface area contributed by atoms with Crippen LogP contribution in [0.15, 0.2) is 17.0 Å². The minimum absolute atomic E-state index is 0.237. The number of esters is 1. The maximum absolute atomic E-state index is 12.2. The smallest absolute Gasteiger partial charge is 0.446 e. The lowest BCUT2D eigenvalue weighted by molar-refractivity contribution is -0.0329. The van der Waals surface area contributed by atoms with Gasteiger partial charge in [-0.15, -0.1) is 0 Å². The number of alkyl halides is 3. The number of aromatic hydroxyl groups is 1. The normalized spacial score (nSPS) is 10.8. The Morgan fingerprint density at radius 2 is 2.11 bits per heavy atom. The van der Waals surface area contributed by atoms with Crippen molar-refractivity contribution in [3.8, 4) is 11.8 Å². The van der Waals surface area contributed by atoms with Gasteiger partial charge in [0.15, 0.2) is 0 Å². The van der Waals surface area contributed by atoms with Gasteiger partial charge in [0.2, 0.25) is 0 Å². The second kappa shape index (κ2) is 5.18. The number of rotatable bonds is 2. The number of benzene rings is 1. The maximum Gasteiger partial charge on any atom is 0.446 e. The number of carbonyl (C=O) groups excluding carboxylic acids is 1. The van der Waals surface area contributed by atoms with Gasteiger partial charge in [-0.1, -0.05) is 0 Å². The lowest BCUT2D eigenvalue weighted by atomic mass is 10.1. The third-order valence-electron chi connectivity index (χ3n) is 1.84. The van der Waals surface area contributed by atoms with Crippen molar-refractivity contribution in [3.05, 3.63) is 23.3 Å². The number of thioether (sulfide) groups is 1. The number of methoxy groups -OCH3 is 1. The Morgan fingerprint density at radius 3 is 2.56 bits per heavy atom. The number of phenols is 1. The number of halogens is 3. The zero-order chi connectivity index (χ0) is 13.9. The van der Waals surface area contributed by atoms with E-state index < -0.39 is 39.4 Å². The molecule has 0 atom stereocenters. The second-order valence-electron chi connectivity index (χ2n) is 3.02. The highest BCUT2D eigenvalue weighted by Crippen LogP contribution is 2.42. The molecule has 4 nitrogen and oxygen atoms in total. The Balaban J connectivity index is 3.33. The average Bonchev–Trinajstić information content (AvgIpc) is 2.29. The summed E-state index contributed by atoms with van der Waals surface area (Å²) < 4.78 is 41.0. The molecule has 0 saturated carbocycles. The molecule has 0 fully saturated rings. The molecule has 0 bridgehead atoms. The molecule has 1 rings (SSSR count). The van der Waals surface area contributed by atoms with Crippen molar-refractivity contribution >= 4 is 17.7 Å². The lowest BCUT2D eigenvalue weighted by Crippen LogP contribution is -2.04. The predicted octanol–water partition coefficient (Wildman–Crippen LogP) is 2.66. The molecule has 0 spiro atoms. The van der Waals surface area contributed by atoms with Crippen LogP contribution in [-0.2, 0) is 4.74 Å². The van der Waals surface area contributed by atoms with E-state index in [1.54, 1.807) is 0 Å². The Labute approximate surface area is 104 Å². The van der Waals surface area contributed by atoms with Crippen LogP contribution in [0.3, 0.4) is 0 Å². The maximum atomic E-state index is 12.2. The average molecular weight is 277 g/mol. The van der Waals surface area contributed by atoms with Crippen LogP contribution in [0, 0.1) is 11.3 Å². The van der Waals surface area contributed by atoms with Crippen LogP contribution in [0.25, 0.3) is 0 Å². The Bertz CT molecular complexity index is 522. The first-order valence-corrected chi connectivity index (χ1v) is 5.21. The van der Waals surface area contributed by atoms with Crippen molar-refractivity contribution in [2.75, 3.05) is 7.11 Å². The topological polar surface area (TPSA) is 70.3 Å². The van der Waals surface area contributed by atoms with E-state index >= 15 is 0 Å². The van der Waals surface area contributed by atoms with Gasteiger partial charge < -0.3 is 9.84 Å². The highest BCUT2D eigenvalue weighted by molar-refractivity contribution is 8.00. The standard InChI is InChI=1S/C10H6F3NO3S/c1-17-9(16)5-2-6(4-14)8(15)7(3-5)18-10(11,12)13/h2-3,15H,1H3. The highest BCUT2D eigenvalue weighted by atomic mass is 32.2. The summed E-state index contributed by atoms with van der Waals surface area (Å²) in [5.41, 5.74) is -5.30. The van der Waals surface area contributed by atoms with Gasteiger partial charge in [0.05, 0.1) is 23.1 Å². The van der Waals surface area contributed by atoms with Crippen molar-refractivity contribution in [2.24, 2.45) is 0 Å². The molecule has 0 aliphatic heterocycles.